The fourth-order valence-corrected chi connectivity index (χ4v) is 3.15. The number of rotatable bonds is 13. The number of carbonyl (C=O) groups excluding carboxylic acids is 1. The molecule has 2 nitrogen and oxygen atoms in total. The first kappa shape index (κ1) is 23.9. The molecule has 0 saturated heterocycles. The van der Waals surface area contributed by atoms with Crippen LogP contribution in [0.3, 0.4) is 0 Å². The van der Waals surface area contributed by atoms with Crippen LogP contribution in [0.4, 0.5) is 0 Å². The van der Waals surface area contributed by atoms with E-state index in [1.165, 1.54) is 57.4 Å². The molecular weight excluding hydrogens is 294 g/mol. The first-order valence-corrected chi connectivity index (χ1v) is 8.79. The molecule has 3 heteroatoms. The van der Waals surface area contributed by atoms with Crippen molar-refractivity contribution in [3.63, 3.8) is 0 Å². The van der Waals surface area contributed by atoms with E-state index < -0.39 is 0 Å². The molecule has 22 heavy (non-hydrogen) atoms. The molecule has 0 aromatic rings. The summed E-state index contributed by atoms with van der Waals surface area (Å²) in [6.07, 6.45) is 13.0. The number of ketones is 1. The Morgan fingerprint density at radius 1 is 1.09 bits per heavy atom. The van der Waals surface area contributed by atoms with Crippen molar-refractivity contribution >= 4 is 18.2 Å². The van der Waals surface area contributed by atoms with E-state index in [1.807, 2.05) is 20.8 Å². The van der Waals surface area contributed by atoms with E-state index in [9.17, 15) is 4.79 Å². The average molecular weight is 332 g/mol. The largest absolute Gasteiger partial charge is 0.325 e. The Bertz CT molecular complexity index is 296. The third kappa shape index (κ3) is 10.4. The molecule has 0 amide bonds. The second kappa shape index (κ2) is 13.1. The highest BCUT2D eigenvalue weighted by molar-refractivity contribution is 5.91. The summed E-state index contributed by atoms with van der Waals surface area (Å²) >= 11 is 0. The Labute approximate surface area is 144 Å². The lowest BCUT2D eigenvalue weighted by Gasteiger charge is -2.34. The molecule has 0 aromatic heterocycles. The Kier molecular flexibility index (Phi) is 14.3. The van der Waals surface area contributed by atoms with Crippen molar-refractivity contribution in [3.8, 4) is 0 Å². The number of carbonyl (C=O) groups is 1. The fraction of sp³-hybridized carbons (Fsp3) is 0.842. The lowest BCUT2D eigenvalue weighted by molar-refractivity contribution is -0.120. The molecule has 0 bridgehead atoms. The summed E-state index contributed by atoms with van der Waals surface area (Å²) < 4.78 is 0. The molecule has 0 aliphatic rings. The summed E-state index contributed by atoms with van der Waals surface area (Å²) in [6.45, 7) is 11.9. The predicted octanol–water partition coefficient (Wildman–Crippen LogP) is 5.68. The second-order valence-corrected chi connectivity index (χ2v) is 7.09. The van der Waals surface area contributed by atoms with Gasteiger partial charge in [-0.1, -0.05) is 71.8 Å². The number of nitrogens with two attached hydrogens (primary N) is 1. The maximum absolute atomic E-state index is 11.9. The molecule has 132 valence electrons. The molecular formula is C19H38ClNO. The highest BCUT2D eigenvalue weighted by atomic mass is 35.5. The van der Waals surface area contributed by atoms with Crippen LogP contribution in [0.2, 0.25) is 0 Å². The normalized spacial score (nSPS) is 14.0. The highest BCUT2D eigenvalue weighted by Crippen LogP contribution is 2.29. The van der Waals surface area contributed by atoms with Gasteiger partial charge in [-0.3, -0.25) is 4.79 Å². The zero-order chi connectivity index (χ0) is 16.3. The molecule has 0 heterocycles. The van der Waals surface area contributed by atoms with Crippen molar-refractivity contribution in [2.24, 2.45) is 17.6 Å². The fourth-order valence-electron chi connectivity index (χ4n) is 3.15. The molecule has 2 atom stereocenters. The van der Waals surface area contributed by atoms with E-state index in [-0.39, 0.29) is 35.6 Å². The van der Waals surface area contributed by atoms with Gasteiger partial charge in [0.2, 0.25) is 0 Å². The SMILES string of the molecule is C=CC(=O)C(C)C(CCCCCCCCCC)C(C)(C)N.Cl. The number of allylic oxidation sites excluding steroid dienone is 1. The number of halogens is 1. The molecule has 0 aliphatic heterocycles. The quantitative estimate of drug-likeness (QED) is 0.348. The average Bonchev–Trinajstić information content (AvgIpc) is 2.42. The summed E-state index contributed by atoms with van der Waals surface area (Å²) in [7, 11) is 0. The molecule has 0 radical (unpaired) electrons. The molecule has 0 fully saturated rings. The summed E-state index contributed by atoms with van der Waals surface area (Å²) in [6, 6.07) is 0. The third-order valence-corrected chi connectivity index (χ3v) is 4.58. The van der Waals surface area contributed by atoms with E-state index in [4.69, 9.17) is 5.73 Å². The maximum atomic E-state index is 11.9. The van der Waals surface area contributed by atoms with E-state index in [0.29, 0.717) is 0 Å². The van der Waals surface area contributed by atoms with Crippen LogP contribution in [0.25, 0.3) is 0 Å². The van der Waals surface area contributed by atoms with Crippen LogP contribution >= 0.6 is 12.4 Å². The summed E-state index contributed by atoms with van der Waals surface area (Å²) in [5.41, 5.74) is 5.98. The minimum absolute atomic E-state index is 0. The Morgan fingerprint density at radius 2 is 1.55 bits per heavy atom. The highest BCUT2D eigenvalue weighted by Gasteiger charge is 2.32. The Hall–Kier alpha value is -0.340. The third-order valence-electron chi connectivity index (χ3n) is 4.58. The van der Waals surface area contributed by atoms with Gasteiger partial charge in [0, 0.05) is 11.5 Å². The maximum Gasteiger partial charge on any atom is 0.158 e. The second-order valence-electron chi connectivity index (χ2n) is 7.09. The van der Waals surface area contributed by atoms with Gasteiger partial charge in [0.15, 0.2) is 5.78 Å². The lowest BCUT2D eigenvalue weighted by atomic mass is 9.74. The monoisotopic (exact) mass is 331 g/mol. The van der Waals surface area contributed by atoms with Gasteiger partial charge in [-0.15, -0.1) is 12.4 Å². The van der Waals surface area contributed by atoms with Gasteiger partial charge in [-0.25, -0.2) is 0 Å². The smallest absolute Gasteiger partial charge is 0.158 e. The van der Waals surface area contributed by atoms with E-state index in [1.54, 1.807) is 0 Å². The predicted molar refractivity (Wildman–Crippen MR) is 101 cm³/mol. The van der Waals surface area contributed by atoms with Crippen molar-refractivity contribution in [1.82, 2.24) is 0 Å². The number of unbranched alkanes of at least 4 members (excludes halogenated alkanes) is 7. The van der Waals surface area contributed by atoms with E-state index in [0.717, 1.165) is 6.42 Å². The molecule has 0 aliphatic carbocycles. The first-order valence-electron chi connectivity index (χ1n) is 8.79. The zero-order valence-electron chi connectivity index (χ0n) is 15.2. The van der Waals surface area contributed by atoms with Crippen LogP contribution in [-0.4, -0.2) is 11.3 Å². The molecule has 0 spiro atoms. The number of hydrogen-bond donors (Lipinski definition) is 1. The van der Waals surface area contributed by atoms with Gasteiger partial charge in [0.25, 0.3) is 0 Å². The minimum atomic E-state index is -0.306. The first-order chi connectivity index (χ1) is 9.84. The van der Waals surface area contributed by atoms with Crippen LogP contribution in [0.5, 0.6) is 0 Å². The minimum Gasteiger partial charge on any atom is -0.325 e. The van der Waals surface area contributed by atoms with E-state index >= 15 is 0 Å². The van der Waals surface area contributed by atoms with Crippen molar-refractivity contribution in [3.05, 3.63) is 12.7 Å². The van der Waals surface area contributed by atoms with Gasteiger partial charge in [-0.05, 0) is 32.3 Å². The molecule has 0 aromatic carbocycles. The molecule has 2 unspecified atom stereocenters. The Morgan fingerprint density at radius 3 is 1.95 bits per heavy atom. The molecule has 0 saturated carbocycles. The van der Waals surface area contributed by atoms with Gasteiger partial charge < -0.3 is 5.73 Å². The summed E-state index contributed by atoms with van der Waals surface area (Å²) in [5, 5.41) is 0. The molecule has 0 rings (SSSR count). The van der Waals surface area contributed by atoms with Crippen molar-refractivity contribution in [2.45, 2.75) is 91.0 Å². The van der Waals surface area contributed by atoms with Gasteiger partial charge >= 0.3 is 0 Å². The van der Waals surface area contributed by atoms with Gasteiger partial charge in [0.1, 0.15) is 0 Å². The topological polar surface area (TPSA) is 43.1 Å². The number of hydrogen-bond acceptors (Lipinski definition) is 2. The molecule has 2 N–H and O–H groups in total. The van der Waals surface area contributed by atoms with Crippen molar-refractivity contribution in [1.29, 1.82) is 0 Å². The van der Waals surface area contributed by atoms with Crippen molar-refractivity contribution < 1.29 is 4.79 Å². The van der Waals surface area contributed by atoms with Crippen LogP contribution in [0, 0.1) is 11.8 Å². The van der Waals surface area contributed by atoms with E-state index in [2.05, 4.69) is 13.5 Å². The lowest BCUT2D eigenvalue weighted by Crippen LogP contribution is -2.45. The summed E-state index contributed by atoms with van der Waals surface area (Å²) in [5.74, 6) is 0.341. The standard InChI is InChI=1S/C19H37NO.ClH/c1-6-8-9-10-11-12-13-14-15-17(19(4,5)20)16(3)18(21)7-2;/h7,16-17H,2,6,8-15,20H2,1,3-5H3;1H. The van der Waals surface area contributed by atoms with Crippen LogP contribution in [0.1, 0.15) is 85.5 Å². The summed E-state index contributed by atoms with van der Waals surface area (Å²) in [4.78, 5) is 11.9. The van der Waals surface area contributed by atoms with Crippen molar-refractivity contribution in [2.75, 3.05) is 0 Å². The van der Waals surface area contributed by atoms with Crippen LogP contribution < -0.4 is 5.73 Å². The van der Waals surface area contributed by atoms with Gasteiger partial charge in [0.05, 0.1) is 0 Å². The Balaban J connectivity index is 0. The van der Waals surface area contributed by atoms with Gasteiger partial charge in [-0.2, -0.15) is 0 Å². The van der Waals surface area contributed by atoms with Crippen LogP contribution in [0.15, 0.2) is 12.7 Å². The van der Waals surface area contributed by atoms with Crippen LogP contribution in [-0.2, 0) is 4.79 Å². The zero-order valence-corrected chi connectivity index (χ0v) is 16.0.